The molecule has 0 radical (unpaired) electrons. The lowest BCUT2D eigenvalue weighted by Gasteiger charge is -2.39. The summed E-state index contributed by atoms with van der Waals surface area (Å²) in [6, 6.07) is 0. The topological polar surface area (TPSA) is 57.6 Å². The summed E-state index contributed by atoms with van der Waals surface area (Å²) in [7, 11) is 0. The summed E-state index contributed by atoms with van der Waals surface area (Å²) in [5.41, 5.74) is 1.66. The number of likely N-dealkylation sites (tertiary alicyclic amines) is 1. The zero-order valence-electron chi connectivity index (χ0n) is 13.3. The molecule has 0 bridgehead atoms. The molecule has 1 aromatic heterocycles. The highest BCUT2D eigenvalue weighted by Crippen LogP contribution is 2.37. The SMILES string of the molecule is C=CCC1(C(=O)O)CCCN(C(=O)c2scc3c2CCCC3)C1. The van der Waals surface area contributed by atoms with E-state index in [9.17, 15) is 14.7 Å². The molecule has 1 aliphatic heterocycles. The number of piperidine rings is 1. The van der Waals surface area contributed by atoms with E-state index in [0.717, 1.165) is 30.6 Å². The highest BCUT2D eigenvalue weighted by Gasteiger charge is 2.43. The summed E-state index contributed by atoms with van der Waals surface area (Å²) in [4.78, 5) is 27.3. The molecule has 3 rings (SSSR count). The number of aliphatic carboxylic acids is 1. The van der Waals surface area contributed by atoms with Crippen molar-refractivity contribution < 1.29 is 14.7 Å². The maximum Gasteiger partial charge on any atom is 0.311 e. The van der Waals surface area contributed by atoms with Crippen LogP contribution in [0.5, 0.6) is 0 Å². The quantitative estimate of drug-likeness (QED) is 0.858. The van der Waals surface area contributed by atoms with Crippen LogP contribution in [0.3, 0.4) is 0 Å². The smallest absolute Gasteiger partial charge is 0.311 e. The van der Waals surface area contributed by atoms with Crippen LogP contribution < -0.4 is 0 Å². The Morgan fingerprint density at radius 1 is 1.35 bits per heavy atom. The van der Waals surface area contributed by atoms with E-state index in [4.69, 9.17) is 0 Å². The largest absolute Gasteiger partial charge is 0.481 e. The predicted molar refractivity (Wildman–Crippen MR) is 91.0 cm³/mol. The van der Waals surface area contributed by atoms with Crippen LogP contribution in [-0.4, -0.2) is 35.0 Å². The molecule has 1 unspecified atom stereocenters. The second kappa shape index (κ2) is 6.48. The molecule has 1 fully saturated rings. The Labute approximate surface area is 140 Å². The van der Waals surface area contributed by atoms with Gasteiger partial charge < -0.3 is 10.0 Å². The lowest BCUT2D eigenvalue weighted by atomic mass is 9.77. The summed E-state index contributed by atoms with van der Waals surface area (Å²) in [5, 5.41) is 11.8. The number of thiophene rings is 1. The minimum absolute atomic E-state index is 0.0209. The van der Waals surface area contributed by atoms with E-state index in [1.165, 1.54) is 28.9 Å². The molecular weight excluding hydrogens is 310 g/mol. The first-order valence-corrected chi connectivity index (χ1v) is 9.18. The number of nitrogens with zero attached hydrogens (tertiary/aromatic N) is 1. The zero-order valence-corrected chi connectivity index (χ0v) is 14.2. The molecule has 2 aliphatic rings. The highest BCUT2D eigenvalue weighted by molar-refractivity contribution is 7.12. The van der Waals surface area contributed by atoms with Gasteiger partial charge in [0.25, 0.3) is 5.91 Å². The fourth-order valence-electron chi connectivity index (χ4n) is 3.85. The summed E-state index contributed by atoms with van der Waals surface area (Å²) < 4.78 is 0. The number of allylic oxidation sites excluding steroid dienone is 1. The molecule has 1 N–H and O–H groups in total. The van der Waals surface area contributed by atoms with E-state index in [0.29, 0.717) is 25.9 Å². The predicted octanol–water partition coefficient (Wildman–Crippen LogP) is 3.51. The molecule has 0 aromatic carbocycles. The van der Waals surface area contributed by atoms with Gasteiger partial charge >= 0.3 is 5.97 Å². The Morgan fingerprint density at radius 3 is 2.87 bits per heavy atom. The first-order chi connectivity index (χ1) is 11.1. The van der Waals surface area contributed by atoms with Crippen molar-refractivity contribution >= 4 is 23.2 Å². The molecule has 1 aliphatic carbocycles. The van der Waals surface area contributed by atoms with Crippen molar-refractivity contribution in [2.45, 2.75) is 44.9 Å². The van der Waals surface area contributed by atoms with E-state index in [2.05, 4.69) is 12.0 Å². The van der Waals surface area contributed by atoms with Gasteiger partial charge in [-0.15, -0.1) is 17.9 Å². The van der Waals surface area contributed by atoms with Gasteiger partial charge in [0.1, 0.15) is 0 Å². The molecule has 23 heavy (non-hydrogen) atoms. The Balaban J connectivity index is 1.83. The Hall–Kier alpha value is -1.62. The normalized spacial score (nSPS) is 24.1. The van der Waals surface area contributed by atoms with Gasteiger partial charge in [0.05, 0.1) is 10.3 Å². The number of hydrogen-bond acceptors (Lipinski definition) is 3. The third-order valence-corrected chi connectivity index (χ3v) is 6.21. The summed E-state index contributed by atoms with van der Waals surface area (Å²) in [5.74, 6) is -0.796. The van der Waals surface area contributed by atoms with Crippen LogP contribution in [0.1, 0.15) is 52.9 Å². The second-order valence-corrected chi connectivity index (χ2v) is 7.56. The Kier molecular flexibility index (Phi) is 4.57. The first kappa shape index (κ1) is 16.2. The van der Waals surface area contributed by atoms with Crippen LogP contribution >= 0.6 is 11.3 Å². The molecule has 5 heteroatoms. The van der Waals surface area contributed by atoms with Gasteiger partial charge in [-0.2, -0.15) is 0 Å². The fraction of sp³-hybridized carbons (Fsp3) is 0.556. The molecule has 1 saturated heterocycles. The number of carboxylic acids is 1. The summed E-state index contributed by atoms with van der Waals surface area (Å²) >= 11 is 1.53. The third-order valence-electron chi connectivity index (χ3n) is 5.15. The molecule has 1 amide bonds. The Morgan fingerprint density at radius 2 is 2.13 bits per heavy atom. The number of carboxylic acid groups (broad SMARTS) is 1. The fourth-order valence-corrected chi connectivity index (χ4v) is 4.98. The third kappa shape index (κ3) is 2.94. The molecule has 1 aromatic rings. The Bertz CT molecular complexity index is 636. The average molecular weight is 333 g/mol. The number of carbonyl (C=O) groups is 2. The number of amides is 1. The summed E-state index contributed by atoms with van der Waals surface area (Å²) in [6.45, 7) is 4.64. The molecule has 0 saturated carbocycles. The summed E-state index contributed by atoms with van der Waals surface area (Å²) in [6.07, 6.45) is 7.80. The minimum atomic E-state index is -0.868. The number of rotatable bonds is 4. The number of carbonyl (C=O) groups excluding carboxylic acids is 1. The van der Waals surface area contributed by atoms with Gasteiger partial charge in [0.15, 0.2) is 0 Å². The van der Waals surface area contributed by atoms with Crippen molar-refractivity contribution in [3.05, 3.63) is 34.0 Å². The van der Waals surface area contributed by atoms with Gasteiger partial charge in [0.2, 0.25) is 0 Å². The van der Waals surface area contributed by atoms with Crippen molar-refractivity contribution in [3.8, 4) is 0 Å². The first-order valence-electron chi connectivity index (χ1n) is 8.30. The monoisotopic (exact) mass is 333 g/mol. The number of aryl methyl sites for hydroxylation is 1. The number of hydrogen-bond donors (Lipinski definition) is 1. The molecule has 0 spiro atoms. The van der Waals surface area contributed by atoms with E-state index in [-0.39, 0.29) is 5.91 Å². The average Bonchev–Trinajstić information content (AvgIpc) is 2.98. The van der Waals surface area contributed by atoms with Crippen molar-refractivity contribution in [1.29, 1.82) is 0 Å². The van der Waals surface area contributed by atoms with Gasteiger partial charge in [0, 0.05) is 13.1 Å². The minimum Gasteiger partial charge on any atom is -0.481 e. The van der Waals surface area contributed by atoms with Crippen molar-refractivity contribution in [1.82, 2.24) is 4.90 Å². The molecule has 124 valence electrons. The van der Waals surface area contributed by atoms with Gasteiger partial charge in [-0.05, 0) is 61.5 Å². The standard InChI is InChI=1S/C18H23NO3S/c1-2-8-18(17(21)22)9-5-10-19(12-18)16(20)15-14-7-4-3-6-13(14)11-23-15/h2,11H,1,3-10,12H2,(H,21,22). The van der Waals surface area contributed by atoms with Crippen molar-refractivity contribution in [3.63, 3.8) is 0 Å². The van der Waals surface area contributed by atoms with Gasteiger partial charge in [-0.25, -0.2) is 0 Å². The molecule has 2 heterocycles. The van der Waals surface area contributed by atoms with Crippen LogP contribution in [-0.2, 0) is 17.6 Å². The lowest BCUT2D eigenvalue weighted by molar-refractivity contribution is -0.151. The van der Waals surface area contributed by atoms with Crippen molar-refractivity contribution in [2.24, 2.45) is 5.41 Å². The van der Waals surface area contributed by atoms with Crippen LogP contribution in [0.25, 0.3) is 0 Å². The van der Waals surface area contributed by atoms with Crippen LogP contribution in [0, 0.1) is 5.41 Å². The van der Waals surface area contributed by atoms with Crippen LogP contribution in [0.2, 0.25) is 0 Å². The molecule has 4 nitrogen and oxygen atoms in total. The molecule has 1 atom stereocenters. The highest BCUT2D eigenvalue weighted by atomic mass is 32.1. The van der Waals surface area contributed by atoms with E-state index < -0.39 is 11.4 Å². The van der Waals surface area contributed by atoms with Gasteiger partial charge in [-0.3, -0.25) is 9.59 Å². The van der Waals surface area contributed by atoms with Crippen molar-refractivity contribution in [2.75, 3.05) is 13.1 Å². The van der Waals surface area contributed by atoms with Crippen LogP contribution in [0.15, 0.2) is 18.0 Å². The second-order valence-electron chi connectivity index (χ2n) is 6.68. The van der Waals surface area contributed by atoms with E-state index in [1.54, 1.807) is 11.0 Å². The lowest BCUT2D eigenvalue weighted by Crippen LogP contribution is -2.49. The maximum atomic E-state index is 13.0. The number of fused-ring (bicyclic) bond motifs is 1. The van der Waals surface area contributed by atoms with Gasteiger partial charge in [-0.1, -0.05) is 6.08 Å². The van der Waals surface area contributed by atoms with E-state index in [1.807, 2.05) is 0 Å². The van der Waals surface area contributed by atoms with E-state index >= 15 is 0 Å². The molecular formula is C18H23NO3S. The zero-order chi connectivity index (χ0) is 16.4. The van der Waals surface area contributed by atoms with Crippen LogP contribution in [0.4, 0.5) is 0 Å². The maximum absolute atomic E-state index is 13.0.